The Hall–Kier alpha value is -2.48. The molecule has 0 aliphatic rings. The second kappa shape index (κ2) is 5.88. The Kier molecular flexibility index (Phi) is 4.18. The predicted octanol–water partition coefficient (Wildman–Crippen LogP) is 3.74. The van der Waals surface area contributed by atoms with Crippen molar-refractivity contribution in [2.45, 2.75) is 26.7 Å². The molecular formula is C16H15F2N3. The van der Waals surface area contributed by atoms with Gasteiger partial charge in [0.2, 0.25) is 0 Å². The first-order chi connectivity index (χ1) is 9.99. The number of aromatic nitrogens is 1. The Balaban J connectivity index is 2.81. The maximum atomic E-state index is 13.5. The summed E-state index contributed by atoms with van der Waals surface area (Å²) in [5.74, 6) is -1.77. The molecule has 0 unspecified atom stereocenters. The van der Waals surface area contributed by atoms with Gasteiger partial charge >= 0.3 is 0 Å². The summed E-state index contributed by atoms with van der Waals surface area (Å²) in [6.45, 7) is 3.79. The first kappa shape index (κ1) is 14.9. The molecule has 0 fully saturated rings. The number of benzene rings is 1. The fourth-order valence-corrected chi connectivity index (χ4v) is 2.40. The number of nitrogens with zero attached hydrogens (tertiary/aromatic N) is 2. The number of pyridine rings is 1. The Morgan fingerprint density at radius 2 is 2.00 bits per heavy atom. The number of nitriles is 1. The van der Waals surface area contributed by atoms with Gasteiger partial charge in [0.25, 0.3) is 0 Å². The number of hydrogen-bond donors (Lipinski definition) is 1. The van der Waals surface area contributed by atoms with Gasteiger partial charge in [-0.15, -0.1) is 0 Å². The van der Waals surface area contributed by atoms with Gasteiger partial charge < -0.3 is 5.73 Å². The topological polar surface area (TPSA) is 62.7 Å². The van der Waals surface area contributed by atoms with Crippen LogP contribution in [0.25, 0.3) is 11.1 Å². The Morgan fingerprint density at radius 1 is 1.29 bits per heavy atom. The predicted molar refractivity (Wildman–Crippen MR) is 77.4 cm³/mol. The van der Waals surface area contributed by atoms with Crippen LogP contribution in [0.5, 0.6) is 0 Å². The van der Waals surface area contributed by atoms with Crippen molar-refractivity contribution in [2.75, 3.05) is 5.73 Å². The molecule has 5 heteroatoms. The monoisotopic (exact) mass is 287 g/mol. The molecule has 0 aliphatic heterocycles. The van der Waals surface area contributed by atoms with Crippen molar-refractivity contribution in [1.82, 2.24) is 4.98 Å². The molecule has 0 aliphatic carbocycles. The molecule has 0 saturated heterocycles. The van der Waals surface area contributed by atoms with E-state index in [1.54, 1.807) is 6.92 Å². The third-order valence-electron chi connectivity index (χ3n) is 3.35. The maximum Gasteiger partial charge on any atom is 0.159 e. The fraction of sp³-hybridized carbons (Fsp3) is 0.250. The van der Waals surface area contributed by atoms with Gasteiger partial charge in [-0.2, -0.15) is 5.26 Å². The van der Waals surface area contributed by atoms with Crippen LogP contribution in [-0.4, -0.2) is 4.98 Å². The highest BCUT2D eigenvalue weighted by Crippen LogP contribution is 2.33. The molecule has 0 amide bonds. The lowest BCUT2D eigenvalue weighted by atomic mass is 9.92. The molecule has 0 atom stereocenters. The largest absolute Gasteiger partial charge is 0.383 e. The van der Waals surface area contributed by atoms with Gasteiger partial charge in [0.05, 0.1) is 0 Å². The van der Waals surface area contributed by atoms with E-state index in [1.165, 1.54) is 6.07 Å². The minimum absolute atomic E-state index is 0.106. The lowest BCUT2D eigenvalue weighted by Gasteiger charge is -2.15. The van der Waals surface area contributed by atoms with Crippen molar-refractivity contribution in [3.8, 4) is 17.2 Å². The van der Waals surface area contributed by atoms with E-state index in [0.29, 0.717) is 23.2 Å². The Bertz CT molecular complexity index is 733. The highest BCUT2D eigenvalue weighted by atomic mass is 19.2. The molecule has 3 nitrogen and oxygen atoms in total. The first-order valence-electron chi connectivity index (χ1n) is 6.64. The summed E-state index contributed by atoms with van der Waals surface area (Å²) in [6.07, 6.45) is 1.52. The zero-order chi connectivity index (χ0) is 15.6. The summed E-state index contributed by atoms with van der Waals surface area (Å²) < 4.78 is 26.6. The van der Waals surface area contributed by atoms with Crippen molar-refractivity contribution in [2.24, 2.45) is 0 Å². The minimum atomic E-state index is -0.952. The van der Waals surface area contributed by atoms with E-state index < -0.39 is 11.6 Å². The number of aryl methyl sites for hydroxylation is 1. The molecule has 1 heterocycles. The van der Waals surface area contributed by atoms with E-state index in [-0.39, 0.29) is 11.4 Å². The third-order valence-corrected chi connectivity index (χ3v) is 3.35. The van der Waals surface area contributed by atoms with Crippen molar-refractivity contribution in [1.29, 1.82) is 5.26 Å². The van der Waals surface area contributed by atoms with Crippen LogP contribution in [0.1, 0.15) is 30.2 Å². The van der Waals surface area contributed by atoms with Gasteiger partial charge in [-0.05, 0) is 36.6 Å². The fourth-order valence-electron chi connectivity index (χ4n) is 2.40. The molecule has 1 aromatic heterocycles. The van der Waals surface area contributed by atoms with Gasteiger partial charge in [0, 0.05) is 11.3 Å². The minimum Gasteiger partial charge on any atom is -0.383 e. The second-order valence-electron chi connectivity index (χ2n) is 4.80. The number of rotatable bonds is 3. The molecule has 0 bridgehead atoms. The number of halogens is 2. The molecule has 21 heavy (non-hydrogen) atoms. The second-order valence-corrected chi connectivity index (χ2v) is 4.80. The molecule has 0 radical (unpaired) electrons. The Labute approximate surface area is 122 Å². The van der Waals surface area contributed by atoms with Crippen LogP contribution in [0.15, 0.2) is 18.2 Å². The van der Waals surface area contributed by atoms with Gasteiger partial charge in [0.1, 0.15) is 17.5 Å². The third kappa shape index (κ3) is 2.70. The summed E-state index contributed by atoms with van der Waals surface area (Å²) in [6, 6.07) is 5.61. The Morgan fingerprint density at radius 3 is 2.57 bits per heavy atom. The zero-order valence-electron chi connectivity index (χ0n) is 11.9. The number of nitrogen functional groups attached to an aromatic ring is 1. The van der Waals surface area contributed by atoms with Crippen molar-refractivity contribution >= 4 is 5.82 Å². The summed E-state index contributed by atoms with van der Waals surface area (Å²) in [4.78, 5) is 4.18. The van der Waals surface area contributed by atoms with Crippen LogP contribution < -0.4 is 5.73 Å². The molecule has 2 aromatic rings. The molecule has 108 valence electrons. The highest BCUT2D eigenvalue weighted by molar-refractivity contribution is 5.79. The lowest BCUT2D eigenvalue weighted by Crippen LogP contribution is -2.05. The molecule has 2 rings (SSSR count). The van der Waals surface area contributed by atoms with E-state index in [4.69, 9.17) is 5.73 Å². The molecule has 0 saturated carbocycles. The SMILES string of the molecule is CCCc1c(C)nc(N)c(C#N)c1-c1ccc(F)c(F)c1. The normalized spacial score (nSPS) is 10.4. The average molecular weight is 287 g/mol. The smallest absolute Gasteiger partial charge is 0.159 e. The van der Waals surface area contributed by atoms with E-state index in [2.05, 4.69) is 4.98 Å². The molecular weight excluding hydrogens is 272 g/mol. The molecule has 1 aromatic carbocycles. The maximum absolute atomic E-state index is 13.5. The van der Waals surface area contributed by atoms with Gasteiger partial charge in [0.15, 0.2) is 11.6 Å². The van der Waals surface area contributed by atoms with Crippen LogP contribution in [0.4, 0.5) is 14.6 Å². The van der Waals surface area contributed by atoms with Crippen LogP contribution >= 0.6 is 0 Å². The highest BCUT2D eigenvalue weighted by Gasteiger charge is 2.18. The van der Waals surface area contributed by atoms with Gasteiger partial charge in [-0.1, -0.05) is 19.4 Å². The number of nitrogens with two attached hydrogens (primary N) is 1. The van der Waals surface area contributed by atoms with E-state index in [0.717, 1.165) is 24.1 Å². The summed E-state index contributed by atoms with van der Waals surface area (Å²) in [5, 5.41) is 9.33. The van der Waals surface area contributed by atoms with Crippen molar-refractivity contribution in [3.63, 3.8) is 0 Å². The van der Waals surface area contributed by atoms with Crippen LogP contribution in [0.2, 0.25) is 0 Å². The van der Waals surface area contributed by atoms with Crippen LogP contribution in [0.3, 0.4) is 0 Å². The summed E-state index contributed by atoms with van der Waals surface area (Å²) in [7, 11) is 0. The first-order valence-corrected chi connectivity index (χ1v) is 6.64. The zero-order valence-corrected chi connectivity index (χ0v) is 11.9. The molecule has 2 N–H and O–H groups in total. The van der Waals surface area contributed by atoms with E-state index in [1.807, 2.05) is 13.0 Å². The number of hydrogen-bond acceptors (Lipinski definition) is 3. The van der Waals surface area contributed by atoms with Crippen LogP contribution in [-0.2, 0) is 6.42 Å². The van der Waals surface area contributed by atoms with E-state index in [9.17, 15) is 14.0 Å². The summed E-state index contributed by atoms with van der Waals surface area (Å²) >= 11 is 0. The van der Waals surface area contributed by atoms with Crippen molar-refractivity contribution < 1.29 is 8.78 Å². The number of anilines is 1. The van der Waals surface area contributed by atoms with Gasteiger partial charge in [-0.25, -0.2) is 13.8 Å². The van der Waals surface area contributed by atoms with Crippen LogP contribution in [0, 0.1) is 29.9 Å². The average Bonchev–Trinajstić information content (AvgIpc) is 2.44. The van der Waals surface area contributed by atoms with Gasteiger partial charge in [-0.3, -0.25) is 0 Å². The standard InChI is InChI=1S/C16H15F2N3/c1-3-4-11-9(2)21-16(20)12(8-19)15(11)10-5-6-13(17)14(18)7-10/h5-7H,3-4H2,1-2H3,(H2,20,21). The quantitative estimate of drug-likeness (QED) is 0.935. The molecule has 0 spiro atoms. The van der Waals surface area contributed by atoms with E-state index >= 15 is 0 Å². The lowest BCUT2D eigenvalue weighted by molar-refractivity contribution is 0.509. The van der Waals surface area contributed by atoms with Crippen molar-refractivity contribution in [3.05, 3.63) is 46.7 Å². The summed E-state index contributed by atoms with van der Waals surface area (Å²) in [5.41, 5.74) is 8.53.